The first kappa shape index (κ1) is 35.1. The largest absolute Gasteiger partial charge is 0.456 e. The van der Waals surface area contributed by atoms with Crippen LogP contribution in [0, 0.1) is 17.8 Å². The van der Waals surface area contributed by atoms with E-state index in [9.17, 15) is 0 Å². The molecular formula is C56H49NO2. The van der Waals surface area contributed by atoms with E-state index < -0.39 is 0 Å². The predicted molar refractivity (Wildman–Crippen MR) is 245 cm³/mol. The highest BCUT2D eigenvalue weighted by atomic mass is 16.5. The second-order valence-electron chi connectivity index (χ2n) is 17.6. The van der Waals surface area contributed by atoms with Gasteiger partial charge < -0.3 is 13.7 Å². The van der Waals surface area contributed by atoms with Gasteiger partial charge in [0.05, 0.1) is 17.7 Å². The molecule has 0 bridgehead atoms. The van der Waals surface area contributed by atoms with Crippen molar-refractivity contribution in [1.82, 2.24) is 4.57 Å². The Kier molecular flexibility index (Phi) is 8.41. The lowest BCUT2D eigenvalue weighted by Gasteiger charge is -2.28. The van der Waals surface area contributed by atoms with Crippen LogP contribution in [0.25, 0.3) is 62.5 Å². The van der Waals surface area contributed by atoms with Crippen LogP contribution in [0.1, 0.15) is 77.4 Å². The van der Waals surface area contributed by atoms with Gasteiger partial charge in [-0.15, -0.1) is 0 Å². The molecule has 6 aliphatic rings. The van der Waals surface area contributed by atoms with Crippen molar-refractivity contribution in [2.45, 2.75) is 70.5 Å². The Bertz CT molecular complexity index is 2900. The third-order valence-electron chi connectivity index (χ3n) is 14.1. The lowest BCUT2D eigenvalue weighted by molar-refractivity contribution is 0.0215. The minimum atomic E-state index is 0.160. The molecule has 0 radical (unpaired) electrons. The maximum atomic E-state index is 6.87. The highest BCUT2D eigenvalue weighted by Crippen LogP contribution is 2.46. The Morgan fingerprint density at radius 2 is 1.73 bits per heavy atom. The van der Waals surface area contributed by atoms with Crippen molar-refractivity contribution in [3.05, 3.63) is 184 Å². The van der Waals surface area contributed by atoms with Gasteiger partial charge in [0.25, 0.3) is 0 Å². The van der Waals surface area contributed by atoms with Crippen LogP contribution >= 0.6 is 0 Å². The zero-order valence-corrected chi connectivity index (χ0v) is 33.7. The van der Waals surface area contributed by atoms with E-state index in [1.54, 1.807) is 0 Å². The highest BCUT2D eigenvalue weighted by Gasteiger charge is 2.43. The molecule has 6 aromatic rings. The van der Waals surface area contributed by atoms with E-state index in [0.29, 0.717) is 11.8 Å². The summed E-state index contributed by atoms with van der Waals surface area (Å²) in [5.41, 5.74) is 18.6. The number of benzene rings is 4. The monoisotopic (exact) mass is 767 g/mol. The molecule has 1 aliphatic heterocycles. The van der Waals surface area contributed by atoms with Gasteiger partial charge in [-0.25, -0.2) is 0 Å². The summed E-state index contributed by atoms with van der Waals surface area (Å²) in [6, 6.07) is 32.1. The minimum absolute atomic E-state index is 0.160. The molecule has 3 nitrogen and oxygen atoms in total. The Labute approximate surface area is 347 Å². The fourth-order valence-corrected chi connectivity index (χ4v) is 11.3. The van der Waals surface area contributed by atoms with E-state index in [2.05, 4.69) is 163 Å². The number of nitrogens with zero attached hydrogens (tertiary/aromatic N) is 1. The molecule has 290 valence electrons. The summed E-state index contributed by atoms with van der Waals surface area (Å²) >= 11 is 0. The van der Waals surface area contributed by atoms with Crippen molar-refractivity contribution in [2.24, 2.45) is 17.8 Å². The zero-order valence-electron chi connectivity index (χ0n) is 33.7. The van der Waals surface area contributed by atoms with Gasteiger partial charge in [-0.1, -0.05) is 128 Å². The lowest BCUT2D eigenvalue weighted by atomic mass is 9.77. The summed E-state index contributed by atoms with van der Waals surface area (Å²) in [6.45, 7) is 2.39. The van der Waals surface area contributed by atoms with Crippen molar-refractivity contribution < 1.29 is 9.15 Å². The number of allylic oxidation sites excluding steroid dienone is 7. The van der Waals surface area contributed by atoms with Crippen LogP contribution in [0.5, 0.6) is 0 Å². The molecule has 2 aromatic heterocycles. The number of aryl methyl sites for hydroxylation is 1. The molecule has 0 N–H and O–H groups in total. The van der Waals surface area contributed by atoms with Gasteiger partial charge in [0.15, 0.2) is 0 Å². The molecule has 5 atom stereocenters. The number of furan rings is 1. The number of hydrogen-bond acceptors (Lipinski definition) is 2. The number of hydrogen-bond donors (Lipinski definition) is 0. The fraction of sp³-hybridized carbons (Fsp3) is 0.250. The Morgan fingerprint density at radius 1 is 0.847 bits per heavy atom. The van der Waals surface area contributed by atoms with Gasteiger partial charge in [-0.05, 0) is 126 Å². The maximum Gasteiger partial charge on any atom is 0.135 e. The smallest absolute Gasteiger partial charge is 0.135 e. The van der Waals surface area contributed by atoms with Crippen LogP contribution in [0.15, 0.2) is 144 Å². The van der Waals surface area contributed by atoms with Crippen molar-refractivity contribution in [2.75, 3.05) is 0 Å². The van der Waals surface area contributed by atoms with Gasteiger partial charge in [0, 0.05) is 51.0 Å². The van der Waals surface area contributed by atoms with E-state index in [1.165, 1.54) is 83.3 Å². The summed E-state index contributed by atoms with van der Waals surface area (Å²) in [7, 11) is 0. The van der Waals surface area contributed by atoms with Crippen LogP contribution in [0.3, 0.4) is 0 Å². The van der Waals surface area contributed by atoms with Crippen LogP contribution in [0.4, 0.5) is 0 Å². The molecule has 0 saturated carbocycles. The summed E-state index contributed by atoms with van der Waals surface area (Å²) in [5.74, 6) is 2.11. The predicted octanol–water partition coefficient (Wildman–Crippen LogP) is 13.6. The van der Waals surface area contributed by atoms with Crippen LogP contribution < -0.4 is 0 Å². The van der Waals surface area contributed by atoms with E-state index in [0.717, 1.165) is 62.7 Å². The molecule has 4 aromatic carbocycles. The van der Waals surface area contributed by atoms with Gasteiger partial charge in [0.2, 0.25) is 0 Å². The Hall–Kier alpha value is -5.90. The first-order valence-corrected chi connectivity index (χ1v) is 22.0. The van der Waals surface area contributed by atoms with E-state index >= 15 is 0 Å². The van der Waals surface area contributed by atoms with Crippen molar-refractivity contribution in [3.63, 3.8) is 0 Å². The number of fused-ring (bicyclic) bond motifs is 10. The summed E-state index contributed by atoms with van der Waals surface area (Å²) in [4.78, 5) is 0. The van der Waals surface area contributed by atoms with Crippen molar-refractivity contribution in [3.8, 4) is 11.1 Å². The van der Waals surface area contributed by atoms with E-state index in [-0.39, 0.29) is 18.1 Å². The van der Waals surface area contributed by atoms with Crippen LogP contribution in [-0.4, -0.2) is 16.8 Å². The van der Waals surface area contributed by atoms with Crippen LogP contribution in [0.2, 0.25) is 0 Å². The molecular weight excluding hydrogens is 719 g/mol. The third-order valence-corrected chi connectivity index (χ3v) is 14.1. The van der Waals surface area contributed by atoms with Gasteiger partial charge >= 0.3 is 0 Å². The van der Waals surface area contributed by atoms with Crippen molar-refractivity contribution >= 4 is 51.4 Å². The SMILES string of the molecule is CC1Cc2ccccc2C=C1n1c2c(c3cc(-c4ccc(C/C(=C/C5C=CCC6C7=CC=CCC7OC56)c5cccc6oc7c(c56)CCC=C7)cc4)ccc31)C=CCC2. The van der Waals surface area contributed by atoms with Gasteiger partial charge in [-0.2, -0.15) is 0 Å². The molecule has 59 heavy (non-hydrogen) atoms. The second-order valence-corrected chi connectivity index (χ2v) is 17.6. The second kappa shape index (κ2) is 14.1. The topological polar surface area (TPSA) is 27.3 Å². The highest BCUT2D eigenvalue weighted by molar-refractivity contribution is 5.99. The van der Waals surface area contributed by atoms with Gasteiger partial charge in [0.1, 0.15) is 11.3 Å². The minimum Gasteiger partial charge on any atom is -0.456 e. The third kappa shape index (κ3) is 5.88. The van der Waals surface area contributed by atoms with Gasteiger partial charge in [-0.3, -0.25) is 0 Å². The fourth-order valence-electron chi connectivity index (χ4n) is 11.3. The Balaban J connectivity index is 0.909. The average Bonchev–Trinajstić information content (AvgIpc) is 3.96. The summed E-state index contributed by atoms with van der Waals surface area (Å²) in [6.07, 6.45) is 34.2. The molecule has 0 amide bonds. The average molecular weight is 768 g/mol. The summed E-state index contributed by atoms with van der Waals surface area (Å²) in [5, 5.41) is 2.62. The van der Waals surface area contributed by atoms with Crippen molar-refractivity contribution in [1.29, 1.82) is 0 Å². The molecule has 1 saturated heterocycles. The van der Waals surface area contributed by atoms with E-state index in [1.807, 2.05) is 0 Å². The first-order valence-electron chi connectivity index (χ1n) is 22.0. The quantitative estimate of drug-likeness (QED) is 0.158. The molecule has 12 rings (SSSR count). The van der Waals surface area contributed by atoms with Crippen LogP contribution in [-0.2, 0) is 30.4 Å². The molecule has 3 heteroatoms. The normalized spacial score (nSPS) is 24.1. The van der Waals surface area contributed by atoms with E-state index in [4.69, 9.17) is 9.15 Å². The molecule has 0 spiro atoms. The molecule has 5 unspecified atom stereocenters. The molecule has 1 fully saturated rings. The standard InChI is InChI=1S/C56H49NO2/c1-35-30-38-12-2-3-13-39(38)34-51(35)57-49-20-7-4-15-44(49)48-33-40(28-29-50(48)57)37-26-24-36(25-27-37)31-42(43-18-11-23-54-55(43)47-17-6-9-22-53(47)58-54)32-41-14-10-19-46-45-16-5-8-21-52(45)59-56(41)46/h2-5,8-16,18,22-29,32-35,41,46,52,56H,6-7,17,19-21,30-31H2,1H3/b42-32-. The maximum absolute atomic E-state index is 6.87. The lowest BCUT2D eigenvalue weighted by Crippen LogP contribution is -2.27. The number of aromatic nitrogens is 1. The first-order chi connectivity index (χ1) is 29.1. The number of ether oxygens (including phenoxy) is 1. The number of rotatable bonds is 6. The summed E-state index contributed by atoms with van der Waals surface area (Å²) < 4.78 is 15.9. The zero-order chi connectivity index (χ0) is 39.0. The molecule has 5 aliphatic carbocycles. The Morgan fingerprint density at radius 3 is 2.68 bits per heavy atom. The molecule has 3 heterocycles.